The van der Waals surface area contributed by atoms with Gasteiger partial charge in [0.05, 0.1) is 37.6 Å². The van der Waals surface area contributed by atoms with Crippen molar-refractivity contribution in [1.29, 1.82) is 0 Å². The van der Waals surface area contributed by atoms with Crippen molar-refractivity contribution in [2.24, 2.45) is 4.99 Å². The van der Waals surface area contributed by atoms with E-state index in [1.165, 1.54) is 11.8 Å². The van der Waals surface area contributed by atoms with Crippen LogP contribution in [-0.2, 0) is 4.79 Å². The Bertz CT molecular complexity index is 617. The standard InChI is InChI=1S/C16H19N3O2S/c1-2-18-7-9-19(10-8-18)16-17-15(21)14(22-16)11-12-3-5-13(20)6-4-12/h3-6,11,20H,2,7-10H2,1H3/p+1. The number of aromatic hydroxyl groups is 1. The van der Waals surface area contributed by atoms with Gasteiger partial charge >= 0.3 is 0 Å². The van der Waals surface area contributed by atoms with Crippen LogP contribution in [0.15, 0.2) is 34.2 Å². The fourth-order valence-electron chi connectivity index (χ4n) is 2.62. The van der Waals surface area contributed by atoms with Crippen LogP contribution >= 0.6 is 11.8 Å². The molecule has 1 saturated heterocycles. The molecule has 0 aromatic heterocycles. The number of rotatable bonds is 2. The first-order valence-electron chi connectivity index (χ1n) is 7.56. The Morgan fingerprint density at radius 2 is 2.00 bits per heavy atom. The second-order valence-corrected chi connectivity index (χ2v) is 6.50. The first-order chi connectivity index (χ1) is 10.7. The number of thioether (sulfide) groups is 1. The molecule has 2 aliphatic heterocycles. The third kappa shape index (κ3) is 3.34. The van der Waals surface area contributed by atoms with E-state index in [9.17, 15) is 9.90 Å². The van der Waals surface area contributed by atoms with E-state index < -0.39 is 0 Å². The predicted molar refractivity (Wildman–Crippen MR) is 88.9 cm³/mol. The van der Waals surface area contributed by atoms with Gasteiger partial charge in [-0.15, -0.1) is 0 Å². The monoisotopic (exact) mass is 318 g/mol. The highest BCUT2D eigenvalue weighted by Gasteiger charge is 2.29. The Hall–Kier alpha value is -1.79. The van der Waals surface area contributed by atoms with Crippen molar-refractivity contribution in [3.63, 3.8) is 0 Å². The summed E-state index contributed by atoms with van der Waals surface area (Å²) in [5, 5.41) is 10.1. The molecule has 1 amide bonds. The number of phenolic OH excluding ortho intramolecular Hbond substituents is 1. The third-order valence-corrected chi connectivity index (χ3v) is 5.09. The lowest BCUT2D eigenvalue weighted by atomic mass is 10.2. The van der Waals surface area contributed by atoms with Crippen molar-refractivity contribution in [2.75, 3.05) is 32.7 Å². The molecule has 6 heteroatoms. The van der Waals surface area contributed by atoms with Crippen molar-refractivity contribution >= 4 is 28.9 Å². The van der Waals surface area contributed by atoms with Gasteiger partial charge in [-0.3, -0.25) is 4.79 Å². The zero-order chi connectivity index (χ0) is 15.5. The van der Waals surface area contributed by atoms with E-state index in [1.807, 2.05) is 6.08 Å². The summed E-state index contributed by atoms with van der Waals surface area (Å²) in [6, 6.07) is 6.81. The molecule has 2 N–H and O–H groups in total. The number of quaternary nitrogens is 1. The van der Waals surface area contributed by atoms with E-state index in [-0.39, 0.29) is 11.7 Å². The lowest BCUT2D eigenvalue weighted by molar-refractivity contribution is -0.902. The maximum Gasteiger partial charge on any atom is 0.286 e. The Morgan fingerprint density at radius 1 is 1.32 bits per heavy atom. The summed E-state index contributed by atoms with van der Waals surface area (Å²) in [5.74, 6) is 0.0547. The van der Waals surface area contributed by atoms with E-state index in [1.54, 1.807) is 29.2 Å². The molecule has 5 nitrogen and oxygen atoms in total. The van der Waals surface area contributed by atoms with Crippen molar-refractivity contribution < 1.29 is 14.8 Å². The molecule has 0 bridgehead atoms. The maximum absolute atomic E-state index is 12.1. The topological polar surface area (TPSA) is 57.3 Å². The highest BCUT2D eigenvalue weighted by atomic mass is 32.2. The SMILES string of the molecule is CC[NH+]1CCN(C2=NC(=O)C(=Cc3ccc(O)cc3)S2)CC1. The van der Waals surface area contributed by atoms with Crippen LogP contribution in [0.2, 0.25) is 0 Å². The molecule has 0 atom stereocenters. The molecule has 1 aromatic rings. The van der Waals surface area contributed by atoms with Crippen LogP contribution in [0.25, 0.3) is 6.08 Å². The number of amides is 1. The van der Waals surface area contributed by atoms with E-state index in [0.29, 0.717) is 4.91 Å². The highest BCUT2D eigenvalue weighted by molar-refractivity contribution is 8.18. The minimum Gasteiger partial charge on any atom is -0.508 e. The van der Waals surface area contributed by atoms with Crippen LogP contribution in [0, 0.1) is 0 Å². The molecule has 2 aliphatic rings. The highest BCUT2D eigenvalue weighted by Crippen LogP contribution is 2.30. The molecule has 0 unspecified atom stereocenters. The molecule has 0 aliphatic carbocycles. The van der Waals surface area contributed by atoms with Crippen molar-refractivity contribution in [2.45, 2.75) is 6.92 Å². The molecule has 116 valence electrons. The summed E-state index contributed by atoms with van der Waals surface area (Å²) in [4.78, 5) is 20.7. The first-order valence-corrected chi connectivity index (χ1v) is 8.37. The van der Waals surface area contributed by atoms with Gasteiger partial charge in [-0.1, -0.05) is 12.1 Å². The van der Waals surface area contributed by atoms with E-state index in [2.05, 4.69) is 16.8 Å². The molecule has 1 fully saturated rings. The Labute approximate surface area is 134 Å². The van der Waals surface area contributed by atoms with Gasteiger partial charge in [0.15, 0.2) is 5.17 Å². The number of aliphatic imine (C=N–C) groups is 1. The van der Waals surface area contributed by atoms with Gasteiger partial charge in [0.25, 0.3) is 5.91 Å². The number of hydrogen-bond donors (Lipinski definition) is 2. The number of piperazine rings is 1. The summed E-state index contributed by atoms with van der Waals surface area (Å²) >= 11 is 1.45. The lowest BCUT2D eigenvalue weighted by Crippen LogP contribution is -3.14. The minimum absolute atomic E-state index is 0.168. The fraction of sp³-hybridized carbons (Fsp3) is 0.375. The Balaban J connectivity index is 1.67. The summed E-state index contributed by atoms with van der Waals surface area (Å²) in [7, 11) is 0. The van der Waals surface area contributed by atoms with E-state index in [0.717, 1.165) is 43.5 Å². The average Bonchev–Trinajstić information content (AvgIpc) is 2.91. The van der Waals surface area contributed by atoms with Gasteiger partial charge < -0.3 is 14.9 Å². The van der Waals surface area contributed by atoms with Crippen molar-refractivity contribution in [1.82, 2.24) is 4.90 Å². The molecule has 2 heterocycles. The number of carbonyl (C=O) groups excluding carboxylic acids is 1. The quantitative estimate of drug-likeness (QED) is 0.784. The second-order valence-electron chi connectivity index (χ2n) is 5.49. The van der Waals surface area contributed by atoms with Gasteiger partial charge in [-0.25, -0.2) is 0 Å². The first kappa shape index (κ1) is 15.1. The zero-order valence-electron chi connectivity index (χ0n) is 12.6. The summed E-state index contributed by atoms with van der Waals surface area (Å²) in [6.07, 6.45) is 1.83. The van der Waals surface area contributed by atoms with Crippen LogP contribution in [0.3, 0.4) is 0 Å². The van der Waals surface area contributed by atoms with Gasteiger partial charge in [-0.05, 0) is 42.5 Å². The predicted octanol–water partition coefficient (Wildman–Crippen LogP) is 0.583. The van der Waals surface area contributed by atoms with Gasteiger partial charge in [-0.2, -0.15) is 4.99 Å². The number of nitrogens with one attached hydrogen (secondary N) is 1. The fourth-order valence-corrected chi connectivity index (χ4v) is 3.59. The second kappa shape index (κ2) is 6.54. The minimum atomic E-state index is -0.168. The number of carbonyl (C=O) groups is 1. The van der Waals surface area contributed by atoms with Crippen LogP contribution in [0.1, 0.15) is 12.5 Å². The van der Waals surface area contributed by atoms with E-state index >= 15 is 0 Å². The molecule has 1 aromatic carbocycles. The Kier molecular flexibility index (Phi) is 4.49. The van der Waals surface area contributed by atoms with Gasteiger partial charge in [0.1, 0.15) is 5.75 Å². The molecular weight excluding hydrogens is 298 g/mol. The third-order valence-electron chi connectivity index (χ3n) is 4.04. The number of nitrogens with zero attached hydrogens (tertiary/aromatic N) is 2. The largest absolute Gasteiger partial charge is 0.508 e. The smallest absolute Gasteiger partial charge is 0.286 e. The molecule has 0 saturated carbocycles. The van der Waals surface area contributed by atoms with Gasteiger partial charge in [0, 0.05) is 0 Å². The number of benzene rings is 1. The maximum atomic E-state index is 12.1. The normalized spacial score (nSPS) is 21.5. The number of likely N-dealkylation sites (N-methyl/N-ethyl adjacent to an activating group) is 1. The van der Waals surface area contributed by atoms with Crippen molar-refractivity contribution in [3.05, 3.63) is 34.7 Å². The summed E-state index contributed by atoms with van der Waals surface area (Å²) < 4.78 is 0. The summed E-state index contributed by atoms with van der Waals surface area (Å²) in [5.41, 5.74) is 0.894. The van der Waals surface area contributed by atoms with E-state index in [4.69, 9.17) is 0 Å². The van der Waals surface area contributed by atoms with Crippen LogP contribution in [-0.4, -0.2) is 53.8 Å². The lowest BCUT2D eigenvalue weighted by Gasteiger charge is -2.32. The van der Waals surface area contributed by atoms with Gasteiger partial charge in [0.2, 0.25) is 0 Å². The molecule has 0 spiro atoms. The summed E-state index contributed by atoms with van der Waals surface area (Å²) in [6.45, 7) is 7.46. The zero-order valence-corrected chi connectivity index (χ0v) is 13.4. The molecule has 3 rings (SSSR count). The number of hydrogen-bond acceptors (Lipinski definition) is 4. The number of phenols is 1. The van der Waals surface area contributed by atoms with Crippen molar-refractivity contribution in [3.8, 4) is 5.75 Å². The average molecular weight is 318 g/mol. The number of amidine groups is 1. The molecule has 0 radical (unpaired) electrons. The van der Waals surface area contributed by atoms with Crippen LogP contribution in [0.5, 0.6) is 5.75 Å². The Morgan fingerprint density at radius 3 is 2.64 bits per heavy atom. The molecular formula is C16H20N3O2S+. The van der Waals surface area contributed by atoms with Crippen LogP contribution < -0.4 is 4.90 Å². The van der Waals surface area contributed by atoms with Crippen LogP contribution in [0.4, 0.5) is 0 Å². The molecule has 22 heavy (non-hydrogen) atoms.